The smallest absolute Gasteiger partial charge is 0.231 e. The monoisotopic (exact) mass is 265 g/mol. The fourth-order valence-electron chi connectivity index (χ4n) is 1.85. The number of fused-ring (bicyclic) bond motifs is 1. The number of benzene rings is 1. The van der Waals surface area contributed by atoms with Crippen molar-refractivity contribution in [1.29, 1.82) is 5.26 Å². The van der Waals surface area contributed by atoms with Crippen LogP contribution in [0.4, 0.5) is 0 Å². The van der Waals surface area contributed by atoms with Crippen molar-refractivity contribution in [3.63, 3.8) is 0 Å². The molecule has 1 aliphatic carbocycles. The standard InChI is InChI=1S/C11H8BrNO2/c12-8-4-10-9(14-6-15-10)3-7(8)11(5-13)1-2-11/h3-4H,1-2,6H2. The van der Waals surface area contributed by atoms with Crippen LogP contribution in [0.3, 0.4) is 0 Å². The Kier molecular flexibility index (Phi) is 1.74. The lowest BCUT2D eigenvalue weighted by Crippen LogP contribution is -2.03. The van der Waals surface area contributed by atoms with Crippen molar-refractivity contribution in [2.24, 2.45) is 0 Å². The summed E-state index contributed by atoms with van der Waals surface area (Å²) in [5.41, 5.74) is 0.731. The van der Waals surface area contributed by atoms with Crippen LogP contribution in [-0.4, -0.2) is 6.79 Å². The van der Waals surface area contributed by atoms with E-state index in [2.05, 4.69) is 22.0 Å². The van der Waals surface area contributed by atoms with Crippen molar-refractivity contribution < 1.29 is 9.47 Å². The third-order valence-electron chi connectivity index (χ3n) is 2.94. The van der Waals surface area contributed by atoms with E-state index in [-0.39, 0.29) is 12.2 Å². The number of hydrogen-bond acceptors (Lipinski definition) is 3. The Morgan fingerprint density at radius 3 is 2.53 bits per heavy atom. The fourth-order valence-corrected chi connectivity index (χ4v) is 2.55. The predicted octanol–water partition coefficient (Wildman–Crippen LogP) is 2.73. The highest BCUT2D eigenvalue weighted by Gasteiger charge is 2.46. The number of halogens is 1. The van der Waals surface area contributed by atoms with E-state index in [4.69, 9.17) is 14.7 Å². The first kappa shape index (κ1) is 9.05. The Balaban J connectivity index is 2.14. The van der Waals surface area contributed by atoms with E-state index in [1.165, 1.54) is 0 Å². The van der Waals surface area contributed by atoms with Gasteiger partial charge in [-0.25, -0.2) is 0 Å². The molecule has 1 aromatic carbocycles. The van der Waals surface area contributed by atoms with E-state index >= 15 is 0 Å². The summed E-state index contributed by atoms with van der Waals surface area (Å²) in [6.07, 6.45) is 1.86. The molecule has 0 bridgehead atoms. The van der Waals surface area contributed by atoms with E-state index in [1.54, 1.807) is 0 Å². The molecule has 0 N–H and O–H groups in total. The molecule has 1 saturated carbocycles. The summed E-state index contributed by atoms with van der Waals surface area (Å²) in [5, 5.41) is 9.14. The Morgan fingerprint density at radius 2 is 1.93 bits per heavy atom. The summed E-state index contributed by atoms with van der Waals surface area (Å²) in [7, 11) is 0. The lowest BCUT2D eigenvalue weighted by atomic mass is 9.97. The molecule has 15 heavy (non-hydrogen) atoms. The van der Waals surface area contributed by atoms with E-state index in [0.29, 0.717) is 0 Å². The number of nitrogens with zero attached hydrogens (tertiary/aromatic N) is 1. The summed E-state index contributed by atoms with van der Waals surface area (Å²) in [6, 6.07) is 6.18. The van der Waals surface area contributed by atoms with Crippen molar-refractivity contribution in [3.05, 3.63) is 22.2 Å². The van der Waals surface area contributed by atoms with Gasteiger partial charge in [0.2, 0.25) is 6.79 Å². The zero-order valence-electron chi connectivity index (χ0n) is 7.92. The molecule has 0 unspecified atom stereocenters. The Labute approximate surface area is 95.7 Å². The Hall–Kier alpha value is -1.21. The van der Waals surface area contributed by atoms with E-state index < -0.39 is 0 Å². The first-order valence-corrected chi connectivity index (χ1v) is 5.55. The molecule has 0 amide bonds. The average Bonchev–Trinajstić information content (AvgIpc) is 2.91. The van der Waals surface area contributed by atoms with Gasteiger partial charge in [0.05, 0.1) is 11.5 Å². The van der Waals surface area contributed by atoms with Gasteiger partial charge in [-0.15, -0.1) is 0 Å². The molecular formula is C11H8BrNO2. The lowest BCUT2D eigenvalue weighted by Gasteiger charge is -2.09. The summed E-state index contributed by atoms with van der Waals surface area (Å²) in [4.78, 5) is 0. The topological polar surface area (TPSA) is 42.2 Å². The molecular weight excluding hydrogens is 258 g/mol. The Bertz CT molecular complexity index is 474. The minimum Gasteiger partial charge on any atom is -0.454 e. The molecule has 0 spiro atoms. The minimum absolute atomic E-state index is 0.269. The fraction of sp³-hybridized carbons (Fsp3) is 0.364. The van der Waals surface area contributed by atoms with Crippen LogP contribution in [0.1, 0.15) is 18.4 Å². The largest absolute Gasteiger partial charge is 0.454 e. The third-order valence-corrected chi connectivity index (χ3v) is 3.60. The maximum atomic E-state index is 9.14. The van der Waals surface area contributed by atoms with Gasteiger partial charge in [0.15, 0.2) is 11.5 Å². The van der Waals surface area contributed by atoms with Crippen LogP contribution in [0.5, 0.6) is 11.5 Å². The molecule has 1 aliphatic heterocycles. The first-order valence-electron chi connectivity index (χ1n) is 4.76. The molecule has 1 aromatic rings. The van der Waals surface area contributed by atoms with Gasteiger partial charge >= 0.3 is 0 Å². The van der Waals surface area contributed by atoms with Gasteiger partial charge < -0.3 is 9.47 Å². The second kappa shape index (κ2) is 2.89. The van der Waals surface area contributed by atoms with E-state index in [0.717, 1.165) is 34.4 Å². The second-order valence-corrected chi connectivity index (χ2v) is 4.73. The van der Waals surface area contributed by atoms with Gasteiger partial charge in [0.1, 0.15) is 0 Å². The molecule has 3 nitrogen and oxygen atoms in total. The molecule has 4 heteroatoms. The normalized spacial score (nSPS) is 19.7. The van der Waals surface area contributed by atoms with Crippen molar-refractivity contribution in [1.82, 2.24) is 0 Å². The molecule has 1 fully saturated rings. The van der Waals surface area contributed by atoms with Gasteiger partial charge in [0, 0.05) is 4.47 Å². The van der Waals surface area contributed by atoms with Crippen molar-refractivity contribution >= 4 is 15.9 Å². The van der Waals surface area contributed by atoms with Crippen LogP contribution >= 0.6 is 15.9 Å². The van der Waals surface area contributed by atoms with E-state index in [9.17, 15) is 0 Å². The maximum absolute atomic E-state index is 9.14. The Morgan fingerprint density at radius 1 is 1.27 bits per heavy atom. The van der Waals surface area contributed by atoms with Crippen molar-refractivity contribution in [2.45, 2.75) is 18.3 Å². The van der Waals surface area contributed by atoms with Gasteiger partial charge in [0.25, 0.3) is 0 Å². The molecule has 2 aliphatic rings. The lowest BCUT2D eigenvalue weighted by molar-refractivity contribution is 0.174. The van der Waals surface area contributed by atoms with Crippen LogP contribution in [0, 0.1) is 11.3 Å². The van der Waals surface area contributed by atoms with Gasteiger partial charge in [-0.05, 0) is 30.5 Å². The van der Waals surface area contributed by atoms with E-state index in [1.807, 2.05) is 12.1 Å². The highest BCUT2D eigenvalue weighted by atomic mass is 79.9. The van der Waals surface area contributed by atoms with Crippen LogP contribution in [0.2, 0.25) is 0 Å². The predicted molar refractivity (Wildman–Crippen MR) is 56.8 cm³/mol. The van der Waals surface area contributed by atoms with Crippen molar-refractivity contribution in [3.8, 4) is 17.6 Å². The first-order chi connectivity index (χ1) is 7.25. The van der Waals surface area contributed by atoms with Crippen LogP contribution < -0.4 is 9.47 Å². The quantitative estimate of drug-likeness (QED) is 0.784. The van der Waals surface area contributed by atoms with Crippen molar-refractivity contribution in [2.75, 3.05) is 6.79 Å². The SMILES string of the molecule is N#CC1(c2cc3c(cc2Br)OCO3)CC1. The number of nitriles is 1. The molecule has 0 radical (unpaired) electrons. The molecule has 3 rings (SSSR count). The molecule has 1 heterocycles. The molecule has 0 aromatic heterocycles. The zero-order chi connectivity index (χ0) is 10.5. The number of hydrogen-bond donors (Lipinski definition) is 0. The zero-order valence-corrected chi connectivity index (χ0v) is 9.50. The number of rotatable bonds is 1. The number of ether oxygens (including phenoxy) is 2. The summed E-state index contributed by atoms with van der Waals surface area (Å²) >= 11 is 3.48. The minimum atomic E-state index is -0.292. The van der Waals surface area contributed by atoms with Crippen LogP contribution in [0.15, 0.2) is 16.6 Å². The molecule has 76 valence electrons. The second-order valence-electron chi connectivity index (χ2n) is 3.88. The summed E-state index contributed by atoms with van der Waals surface area (Å²) < 4.78 is 11.5. The van der Waals surface area contributed by atoms with Gasteiger partial charge in [-0.1, -0.05) is 15.9 Å². The summed E-state index contributed by atoms with van der Waals surface area (Å²) in [6.45, 7) is 0.269. The highest BCUT2D eigenvalue weighted by molar-refractivity contribution is 9.10. The van der Waals surface area contributed by atoms with Crippen LogP contribution in [-0.2, 0) is 5.41 Å². The molecule has 0 atom stereocenters. The maximum Gasteiger partial charge on any atom is 0.231 e. The summed E-state index contributed by atoms with van der Waals surface area (Å²) in [5.74, 6) is 1.49. The van der Waals surface area contributed by atoms with Gasteiger partial charge in [-0.3, -0.25) is 0 Å². The highest BCUT2D eigenvalue weighted by Crippen LogP contribution is 2.52. The van der Waals surface area contributed by atoms with Crippen LogP contribution in [0.25, 0.3) is 0 Å². The average molecular weight is 266 g/mol. The molecule has 0 saturated heterocycles. The third kappa shape index (κ3) is 1.23. The van der Waals surface area contributed by atoms with Gasteiger partial charge in [-0.2, -0.15) is 5.26 Å².